The molecule has 1 aliphatic carbocycles. The summed E-state index contributed by atoms with van der Waals surface area (Å²) in [6, 6.07) is 7.21. The van der Waals surface area contributed by atoms with Crippen molar-refractivity contribution < 1.29 is 14.3 Å². The molecule has 0 unspecified atom stereocenters. The van der Waals surface area contributed by atoms with Crippen LogP contribution in [-0.4, -0.2) is 45.7 Å². The van der Waals surface area contributed by atoms with E-state index in [4.69, 9.17) is 4.74 Å². The Balaban J connectivity index is 1.42. The maximum Gasteiger partial charge on any atom is 0.274 e. The fraction of sp³-hybridized carbons (Fsp3) is 0.421. The van der Waals surface area contributed by atoms with Crippen LogP contribution in [0.5, 0.6) is 5.75 Å². The number of aromatic nitrogens is 2. The molecule has 3 aliphatic rings. The number of likely N-dealkylation sites (tertiary alicyclic amines) is 1. The van der Waals surface area contributed by atoms with E-state index in [0.29, 0.717) is 36.5 Å². The van der Waals surface area contributed by atoms with E-state index in [0.717, 1.165) is 36.9 Å². The zero-order chi connectivity index (χ0) is 17.7. The molecular formula is C19H20N4O3. The van der Waals surface area contributed by atoms with Crippen LogP contribution in [0.1, 0.15) is 51.4 Å². The summed E-state index contributed by atoms with van der Waals surface area (Å²) in [4.78, 5) is 27.3. The monoisotopic (exact) mass is 352 g/mol. The molecule has 1 atom stereocenters. The second-order valence-corrected chi connectivity index (χ2v) is 7.26. The number of piperidine rings is 1. The highest BCUT2D eigenvalue weighted by molar-refractivity contribution is 5.98. The molecule has 2 N–H and O–H groups in total. The van der Waals surface area contributed by atoms with Crippen LogP contribution in [-0.2, 0) is 12.8 Å². The van der Waals surface area contributed by atoms with Crippen molar-refractivity contribution in [1.82, 2.24) is 20.4 Å². The molecule has 2 aromatic rings. The van der Waals surface area contributed by atoms with Gasteiger partial charge in [-0.05, 0) is 37.8 Å². The zero-order valence-electron chi connectivity index (χ0n) is 14.4. The van der Waals surface area contributed by atoms with Gasteiger partial charge in [0, 0.05) is 24.2 Å². The number of para-hydroxylation sites is 1. The number of hydrogen-bond acceptors (Lipinski definition) is 4. The van der Waals surface area contributed by atoms with Gasteiger partial charge in [-0.3, -0.25) is 14.7 Å². The van der Waals surface area contributed by atoms with Crippen molar-refractivity contribution in [2.45, 2.75) is 37.8 Å². The number of nitrogens with zero attached hydrogens (tertiary/aromatic N) is 2. The highest BCUT2D eigenvalue weighted by Crippen LogP contribution is 2.33. The van der Waals surface area contributed by atoms with E-state index < -0.39 is 5.72 Å². The Morgan fingerprint density at radius 1 is 1.23 bits per heavy atom. The molecule has 5 rings (SSSR count). The van der Waals surface area contributed by atoms with Crippen molar-refractivity contribution >= 4 is 11.8 Å². The van der Waals surface area contributed by atoms with Gasteiger partial charge in [0.2, 0.25) is 5.72 Å². The Hall–Kier alpha value is -2.83. The van der Waals surface area contributed by atoms with E-state index >= 15 is 0 Å². The number of rotatable bonds is 1. The first kappa shape index (κ1) is 15.4. The molecule has 134 valence electrons. The van der Waals surface area contributed by atoms with Crippen LogP contribution in [0.3, 0.4) is 0 Å². The smallest absolute Gasteiger partial charge is 0.274 e. The molecule has 7 nitrogen and oxygen atoms in total. The summed E-state index contributed by atoms with van der Waals surface area (Å²) in [5.74, 6) is 0.341. The van der Waals surface area contributed by atoms with Gasteiger partial charge in [0.05, 0.1) is 12.1 Å². The third kappa shape index (κ3) is 2.30. The summed E-state index contributed by atoms with van der Waals surface area (Å²) in [7, 11) is 0. The number of fused-ring (bicyclic) bond motifs is 2. The molecule has 0 saturated carbocycles. The molecular weight excluding hydrogens is 332 g/mol. The second kappa shape index (κ2) is 5.59. The highest BCUT2D eigenvalue weighted by Gasteiger charge is 2.45. The highest BCUT2D eigenvalue weighted by atomic mass is 16.5. The van der Waals surface area contributed by atoms with Gasteiger partial charge in [-0.1, -0.05) is 12.1 Å². The number of H-pyrrole nitrogens is 1. The summed E-state index contributed by atoms with van der Waals surface area (Å²) >= 11 is 0. The molecule has 2 amide bonds. The number of aromatic amines is 1. The lowest BCUT2D eigenvalue weighted by Gasteiger charge is -2.45. The van der Waals surface area contributed by atoms with Gasteiger partial charge in [-0.25, -0.2) is 0 Å². The minimum atomic E-state index is -0.862. The summed E-state index contributed by atoms with van der Waals surface area (Å²) in [6.45, 7) is 0.969. The second-order valence-electron chi connectivity index (χ2n) is 7.26. The minimum absolute atomic E-state index is 0.0832. The Labute approximate surface area is 150 Å². The lowest BCUT2D eigenvalue weighted by Crippen LogP contribution is -2.64. The van der Waals surface area contributed by atoms with Crippen molar-refractivity contribution in [3.05, 3.63) is 46.8 Å². The normalized spacial score (nSPS) is 24.0. The zero-order valence-corrected chi connectivity index (χ0v) is 14.4. The fourth-order valence-corrected chi connectivity index (χ4v) is 4.28. The summed E-state index contributed by atoms with van der Waals surface area (Å²) < 4.78 is 6.17. The molecule has 0 bridgehead atoms. The molecule has 1 saturated heterocycles. The van der Waals surface area contributed by atoms with Crippen LogP contribution in [0.25, 0.3) is 0 Å². The first-order valence-electron chi connectivity index (χ1n) is 9.11. The van der Waals surface area contributed by atoms with Crippen LogP contribution >= 0.6 is 0 Å². The molecule has 1 aromatic heterocycles. The van der Waals surface area contributed by atoms with E-state index in [-0.39, 0.29) is 11.8 Å². The van der Waals surface area contributed by atoms with Crippen molar-refractivity contribution in [1.29, 1.82) is 0 Å². The van der Waals surface area contributed by atoms with Crippen molar-refractivity contribution in [3.8, 4) is 5.75 Å². The van der Waals surface area contributed by atoms with Gasteiger partial charge in [0.1, 0.15) is 5.75 Å². The lowest BCUT2D eigenvalue weighted by molar-refractivity contribution is -0.0315. The average Bonchev–Trinajstić information content (AvgIpc) is 3.25. The average molecular weight is 352 g/mol. The first-order chi connectivity index (χ1) is 12.7. The van der Waals surface area contributed by atoms with Crippen LogP contribution < -0.4 is 10.1 Å². The quantitative estimate of drug-likeness (QED) is 0.817. The Bertz CT molecular complexity index is 906. The number of carbonyl (C=O) groups excluding carboxylic acids is 2. The largest absolute Gasteiger partial charge is 0.465 e. The SMILES string of the molecule is O=C1N[C@]2(CCCN(C(=O)c3n[nH]c4c3CCC4)C2)Oc2ccccc21. The molecule has 3 heterocycles. The Morgan fingerprint density at radius 3 is 3.04 bits per heavy atom. The van der Waals surface area contributed by atoms with Crippen molar-refractivity contribution in [2.75, 3.05) is 13.1 Å². The van der Waals surface area contributed by atoms with Gasteiger partial charge in [-0.2, -0.15) is 5.10 Å². The van der Waals surface area contributed by atoms with E-state index in [1.807, 2.05) is 12.1 Å². The van der Waals surface area contributed by atoms with Gasteiger partial charge < -0.3 is 15.0 Å². The Kier molecular flexibility index (Phi) is 3.32. The molecule has 26 heavy (non-hydrogen) atoms. The van der Waals surface area contributed by atoms with Crippen LogP contribution in [0.2, 0.25) is 0 Å². The molecule has 1 spiro atoms. The molecule has 1 aromatic carbocycles. The van der Waals surface area contributed by atoms with Gasteiger partial charge in [-0.15, -0.1) is 0 Å². The van der Waals surface area contributed by atoms with Crippen LogP contribution in [0.4, 0.5) is 0 Å². The first-order valence-corrected chi connectivity index (χ1v) is 9.11. The van der Waals surface area contributed by atoms with Crippen LogP contribution in [0, 0.1) is 0 Å². The number of amides is 2. The number of nitrogens with one attached hydrogen (secondary N) is 2. The predicted octanol–water partition coefficient (Wildman–Crippen LogP) is 1.65. The molecule has 2 aliphatic heterocycles. The number of carbonyl (C=O) groups is 2. The standard InChI is InChI=1S/C19H20N4O3/c24-17-13-5-1-2-8-15(13)26-19(20-17)9-4-10-23(11-19)18(25)16-12-6-3-7-14(12)21-22-16/h1-2,5,8H,3-4,6-7,9-11H2,(H,20,24)(H,21,22)/t19-/m1/s1. The predicted molar refractivity (Wildman–Crippen MR) is 93.0 cm³/mol. The molecule has 7 heteroatoms. The van der Waals surface area contributed by atoms with Gasteiger partial charge in [0.25, 0.3) is 11.8 Å². The maximum atomic E-state index is 13.0. The van der Waals surface area contributed by atoms with E-state index in [1.165, 1.54) is 0 Å². The summed E-state index contributed by atoms with van der Waals surface area (Å²) in [5, 5.41) is 10.2. The van der Waals surface area contributed by atoms with E-state index in [2.05, 4.69) is 15.5 Å². The number of hydrogen-bond donors (Lipinski definition) is 2. The number of benzene rings is 1. The van der Waals surface area contributed by atoms with Crippen molar-refractivity contribution in [3.63, 3.8) is 0 Å². The fourth-order valence-electron chi connectivity index (χ4n) is 4.28. The molecule has 1 fully saturated rings. The van der Waals surface area contributed by atoms with Gasteiger partial charge >= 0.3 is 0 Å². The Morgan fingerprint density at radius 2 is 2.12 bits per heavy atom. The maximum absolute atomic E-state index is 13.0. The van der Waals surface area contributed by atoms with Crippen LogP contribution in [0.15, 0.2) is 24.3 Å². The third-order valence-electron chi connectivity index (χ3n) is 5.53. The number of ether oxygens (including phenoxy) is 1. The van der Waals surface area contributed by atoms with E-state index in [1.54, 1.807) is 17.0 Å². The van der Waals surface area contributed by atoms with Gasteiger partial charge in [0.15, 0.2) is 5.69 Å². The minimum Gasteiger partial charge on any atom is -0.465 e. The summed E-state index contributed by atoms with van der Waals surface area (Å²) in [5.41, 5.74) is 2.33. The van der Waals surface area contributed by atoms with E-state index in [9.17, 15) is 9.59 Å². The number of aryl methyl sites for hydroxylation is 1. The lowest BCUT2D eigenvalue weighted by atomic mass is 9.97. The molecule has 0 radical (unpaired) electrons. The topological polar surface area (TPSA) is 87.3 Å². The summed E-state index contributed by atoms with van der Waals surface area (Å²) in [6.07, 6.45) is 4.35. The third-order valence-corrected chi connectivity index (χ3v) is 5.53. The van der Waals surface area contributed by atoms with Crippen molar-refractivity contribution in [2.24, 2.45) is 0 Å².